The number of rotatable bonds is 3. The van der Waals surface area contributed by atoms with Gasteiger partial charge in [0.2, 0.25) is 5.91 Å². The number of hydrogen-bond acceptors (Lipinski definition) is 4. The first-order valence-electron chi connectivity index (χ1n) is 5.50. The molecule has 2 rings (SSSR count). The van der Waals surface area contributed by atoms with Crippen LogP contribution in [0.1, 0.15) is 12.7 Å². The summed E-state index contributed by atoms with van der Waals surface area (Å²) in [6.45, 7) is 4.18. The van der Waals surface area contributed by atoms with Crippen LogP contribution in [-0.2, 0) is 18.4 Å². The van der Waals surface area contributed by atoms with E-state index in [-0.39, 0.29) is 11.8 Å². The molecule has 1 fully saturated rings. The zero-order valence-corrected chi connectivity index (χ0v) is 9.60. The Bertz CT molecular complexity index is 375. The summed E-state index contributed by atoms with van der Waals surface area (Å²) < 4.78 is 1.63. The van der Waals surface area contributed by atoms with Gasteiger partial charge in [0.25, 0.3) is 0 Å². The molecule has 0 spiro atoms. The monoisotopic (exact) mass is 223 g/mol. The second-order valence-corrected chi connectivity index (χ2v) is 4.29. The van der Waals surface area contributed by atoms with Crippen LogP contribution < -0.4 is 10.6 Å². The lowest BCUT2D eigenvalue weighted by atomic mass is 9.97. The van der Waals surface area contributed by atoms with Crippen LogP contribution in [0.5, 0.6) is 0 Å². The van der Waals surface area contributed by atoms with Gasteiger partial charge in [0.05, 0.1) is 12.5 Å². The second-order valence-electron chi connectivity index (χ2n) is 4.29. The first-order chi connectivity index (χ1) is 7.66. The fourth-order valence-electron chi connectivity index (χ4n) is 1.92. The third-order valence-electron chi connectivity index (χ3n) is 2.92. The van der Waals surface area contributed by atoms with E-state index in [1.54, 1.807) is 18.1 Å². The van der Waals surface area contributed by atoms with Crippen molar-refractivity contribution in [2.24, 2.45) is 18.9 Å². The molecule has 0 aliphatic carbocycles. The molecule has 6 heteroatoms. The van der Waals surface area contributed by atoms with E-state index in [4.69, 9.17) is 0 Å². The van der Waals surface area contributed by atoms with Crippen LogP contribution in [0.15, 0.2) is 6.33 Å². The summed E-state index contributed by atoms with van der Waals surface area (Å²) in [6.07, 6.45) is 1.63. The standard InChI is InChI=1S/C10H17N5O/c1-7-3-11-4-8(7)10(16)12-5-9-13-6-15(2)14-9/h6-8,11H,3-5H2,1-2H3,(H,12,16). The normalized spacial score (nSPS) is 24.6. The minimum atomic E-state index is 0.0729. The van der Waals surface area contributed by atoms with Crippen LogP contribution in [0.25, 0.3) is 0 Å². The molecule has 2 N–H and O–H groups in total. The van der Waals surface area contributed by atoms with E-state index in [1.165, 1.54) is 0 Å². The average Bonchev–Trinajstić information content (AvgIpc) is 2.84. The van der Waals surface area contributed by atoms with Crippen molar-refractivity contribution in [3.05, 3.63) is 12.2 Å². The number of carbonyl (C=O) groups excluding carboxylic acids is 1. The molecule has 2 unspecified atom stereocenters. The van der Waals surface area contributed by atoms with E-state index >= 15 is 0 Å². The zero-order valence-electron chi connectivity index (χ0n) is 9.60. The third-order valence-corrected chi connectivity index (χ3v) is 2.92. The van der Waals surface area contributed by atoms with Crippen molar-refractivity contribution in [1.82, 2.24) is 25.4 Å². The van der Waals surface area contributed by atoms with Gasteiger partial charge in [-0.15, -0.1) is 0 Å². The number of amides is 1. The van der Waals surface area contributed by atoms with Crippen LogP contribution in [0.2, 0.25) is 0 Å². The minimum Gasteiger partial charge on any atom is -0.348 e. The maximum atomic E-state index is 11.8. The Morgan fingerprint density at radius 3 is 3.06 bits per heavy atom. The first-order valence-corrected chi connectivity index (χ1v) is 5.50. The highest BCUT2D eigenvalue weighted by Gasteiger charge is 2.29. The van der Waals surface area contributed by atoms with E-state index < -0.39 is 0 Å². The molecule has 88 valence electrons. The predicted molar refractivity (Wildman–Crippen MR) is 58.4 cm³/mol. The maximum absolute atomic E-state index is 11.8. The molecular weight excluding hydrogens is 206 g/mol. The first kappa shape index (κ1) is 11.1. The number of nitrogens with one attached hydrogen (secondary N) is 2. The highest BCUT2D eigenvalue weighted by molar-refractivity contribution is 5.79. The molecule has 16 heavy (non-hydrogen) atoms. The SMILES string of the molecule is CC1CNCC1C(=O)NCc1ncn(C)n1. The smallest absolute Gasteiger partial charge is 0.225 e. The second kappa shape index (κ2) is 4.61. The Balaban J connectivity index is 1.83. The number of aromatic nitrogens is 3. The Hall–Kier alpha value is -1.43. The Morgan fingerprint density at radius 2 is 2.50 bits per heavy atom. The summed E-state index contributed by atoms with van der Waals surface area (Å²) >= 11 is 0. The van der Waals surface area contributed by atoms with E-state index in [1.807, 2.05) is 0 Å². The summed E-state index contributed by atoms with van der Waals surface area (Å²) in [5, 5.41) is 10.2. The highest BCUT2D eigenvalue weighted by Crippen LogP contribution is 2.15. The van der Waals surface area contributed by atoms with Crippen molar-refractivity contribution in [3.8, 4) is 0 Å². The lowest BCUT2D eigenvalue weighted by molar-refractivity contribution is -0.125. The molecule has 1 aromatic rings. The Kier molecular flexibility index (Phi) is 3.19. The van der Waals surface area contributed by atoms with Gasteiger partial charge in [-0.05, 0) is 12.5 Å². The topological polar surface area (TPSA) is 71.8 Å². The number of carbonyl (C=O) groups is 1. The summed E-state index contributed by atoms with van der Waals surface area (Å²) in [4.78, 5) is 15.9. The average molecular weight is 223 g/mol. The molecule has 0 saturated carbocycles. The molecule has 2 atom stereocenters. The molecule has 0 bridgehead atoms. The summed E-state index contributed by atoms with van der Waals surface area (Å²) in [6, 6.07) is 0. The quantitative estimate of drug-likeness (QED) is 0.710. The van der Waals surface area contributed by atoms with E-state index in [0.29, 0.717) is 18.3 Å². The molecule has 1 amide bonds. The van der Waals surface area contributed by atoms with Crippen LogP contribution in [0.3, 0.4) is 0 Å². The van der Waals surface area contributed by atoms with Gasteiger partial charge >= 0.3 is 0 Å². The van der Waals surface area contributed by atoms with Gasteiger partial charge in [-0.2, -0.15) is 5.10 Å². The highest BCUT2D eigenvalue weighted by atomic mass is 16.1. The molecular formula is C10H17N5O. The molecule has 1 aromatic heterocycles. The summed E-state index contributed by atoms with van der Waals surface area (Å²) in [5.41, 5.74) is 0. The van der Waals surface area contributed by atoms with Gasteiger partial charge < -0.3 is 10.6 Å². The zero-order chi connectivity index (χ0) is 11.5. The summed E-state index contributed by atoms with van der Waals surface area (Å²) in [7, 11) is 1.81. The molecule has 1 aliphatic heterocycles. The predicted octanol–water partition coefficient (Wildman–Crippen LogP) is -0.713. The van der Waals surface area contributed by atoms with Gasteiger partial charge in [0.15, 0.2) is 5.82 Å². The van der Waals surface area contributed by atoms with Crippen LogP contribution in [0, 0.1) is 11.8 Å². The maximum Gasteiger partial charge on any atom is 0.225 e. The van der Waals surface area contributed by atoms with E-state index in [0.717, 1.165) is 13.1 Å². The molecule has 1 saturated heterocycles. The van der Waals surface area contributed by atoms with E-state index in [9.17, 15) is 4.79 Å². The van der Waals surface area contributed by atoms with Crippen molar-refractivity contribution in [2.75, 3.05) is 13.1 Å². The lowest BCUT2D eigenvalue weighted by Crippen LogP contribution is -2.34. The van der Waals surface area contributed by atoms with Crippen LogP contribution in [-0.4, -0.2) is 33.8 Å². The van der Waals surface area contributed by atoms with Gasteiger partial charge in [-0.25, -0.2) is 4.98 Å². The molecule has 2 heterocycles. The molecule has 0 radical (unpaired) electrons. The van der Waals surface area contributed by atoms with Crippen molar-refractivity contribution in [3.63, 3.8) is 0 Å². The lowest BCUT2D eigenvalue weighted by Gasteiger charge is -2.12. The van der Waals surface area contributed by atoms with Gasteiger partial charge in [-0.3, -0.25) is 9.48 Å². The van der Waals surface area contributed by atoms with Gasteiger partial charge in [0.1, 0.15) is 6.33 Å². The van der Waals surface area contributed by atoms with Crippen LogP contribution >= 0.6 is 0 Å². The van der Waals surface area contributed by atoms with Crippen molar-refractivity contribution >= 4 is 5.91 Å². The minimum absolute atomic E-state index is 0.0729. The largest absolute Gasteiger partial charge is 0.348 e. The molecule has 1 aliphatic rings. The third kappa shape index (κ3) is 2.38. The summed E-state index contributed by atoms with van der Waals surface area (Å²) in [5.74, 6) is 1.21. The van der Waals surface area contributed by atoms with Crippen molar-refractivity contribution in [2.45, 2.75) is 13.5 Å². The van der Waals surface area contributed by atoms with Crippen LogP contribution in [0.4, 0.5) is 0 Å². The van der Waals surface area contributed by atoms with Crippen molar-refractivity contribution < 1.29 is 4.79 Å². The number of nitrogens with zero attached hydrogens (tertiary/aromatic N) is 3. The Morgan fingerprint density at radius 1 is 1.69 bits per heavy atom. The fraction of sp³-hybridized carbons (Fsp3) is 0.700. The van der Waals surface area contributed by atoms with E-state index in [2.05, 4.69) is 27.6 Å². The van der Waals surface area contributed by atoms with Gasteiger partial charge in [-0.1, -0.05) is 6.92 Å². The number of aryl methyl sites for hydroxylation is 1. The molecule has 0 aromatic carbocycles. The number of hydrogen-bond donors (Lipinski definition) is 2. The van der Waals surface area contributed by atoms with Gasteiger partial charge in [0, 0.05) is 13.6 Å². The fourth-order valence-corrected chi connectivity index (χ4v) is 1.92. The van der Waals surface area contributed by atoms with Crippen molar-refractivity contribution in [1.29, 1.82) is 0 Å². The molecule has 6 nitrogen and oxygen atoms in total. The Labute approximate surface area is 94.4 Å².